The van der Waals surface area contributed by atoms with Crippen molar-refractivity contribution in [2.24, 2.45) is 10.7 Å². The van der Waals surface area contributed by atoms with Crippen LogP contribution in [0.2, 0.25) is 0 Å². The molecule has 1 saturated heterocycles. The maximum atomic E-state index is 5.97. The van der Waals surface area contributed by atoms with Gasteiger partial charge in [0, 0.05) is 40.0 Å². The Morgan fingerprint density at radius 1 is 1.33 bits per heavy atom. The van der Waals surface area contributed by atoms with Crippen molar-refractivity contribution in [1.29, 1.82) is 0 Å². The zero-order valence-corrected chi connectivity index (χ0v) is 12.9. The topological polar surface area (TPSA) is 63.7 Å². The molecule has 7 heteroatoms. The summed E-state index contributed by atoms with van der Waals surface area (Å²) in [6.45, 7) is 3.53. The van der Waals surface area contributed by atoms with Gasteiger partial charge in [0.05, 0.1) is 19.8 Å². The Morgan fingerprint density at radius 3 is 2.56 bits per heavy atom. The molecule has 5 nitrogen and oxygen atoms in total. The first kappa shape index (κ1) is 13.8. The minimum absolute atomic E-state index is 0.521. The van der Waals surface area contributed by atoms with Crippen LogP contribution in [0.15, 0.2) is 26.3 Å². The molecule has 0 saturated carbocycles. The summed E-state index contributed by atoms with van der Waals surface area (Å²) < 4.78 is 7.13. The Bertz CT molecular complexity index is 426. The van der Waals surface area contributed by atoms with Gasteiger partial charge in [-0.25, -0.2) is 4.99 Å². The van der Waals surface area contributed by atoms with Crippen molar-refractivity contribution < 1.29 is 4.74 Å². The highest BCUT2D eigenvalue weighted by Crippen LogP contribution is 2.24. The number of hydrogen-bond donors (Lipinski definition) is 1. The largest absolute Gasteiger partial charge is 0.378 e. The molecule has 1 aromatic heterocycles. The minimum Gasteiger partial charge on any atom is -0.378 e. The molecule has 0 atom stereocenters. The zero-order chi connectivity index (χ0) is 13.0. The standard InChI is InChI=1S/C11H14Br2N4O/c12-9-6-15-7-10(13)8(9)5-16-11(14)17-1-3-18-4-2-17/h6-7H,1-5H2,(H2,14,16). The van der Waals surface area contributed by atoms with Gasteiger partial charge in [0.1, 0.15) is 0 Å². The molecule has 0 radical (unpaired) electrons. The fourth-order valence-electron chi connectivity index (χ4n) is 1.64. The maximum Gasteiger partial charge on any atom is 0.191 e. The van der Waals surface area contributed by atoms with Gasteiger partial charge < -0.3 is 15.4 Å². The highest BCUT2D eigenvalue weighted by Gasteiger charge is 2.12. The van der Waals surface area contributed by atoms with E-state index in [-0.39, 0.29) is 0 Å². The number of aromatic nitrogens is 1. The number of guanidine groups is 1. The van der Waals surface area contributed by atoms with E-state index in [2.05, 4.69) is 41.8 Å². The van der Waals surface area contributed by atoms with Crippen LogP contribution >= 0.6 is 31.9 Å². The summed E-state index contributed by atoms with van der Waals surface area (Å²) in [4.78, 5) is 10.5. The molecule has 0 unspecified atom stereocenters. The molecule has 2 N–H and O–H groups in total. The van der Waals surface area contributed by atoms with Crippen LogP contribution in [-0.4, -0.2) is 42.1 Å². The molecule has 1 fully saturated rings. The average Bonchev–Trinajstić information content (AvgIpc) is 2.39. The van der Waals surface area contributed by atoms with Gasteiger partial charge in [0.2, 0.25) is 0 Å². The first-order valence-corrected chi connectivity index (χ1v) is 7.17. The van der Waals surface area contributed by atoms with Gasteiger partial charge in [-0.3, -0.25) is 4.98 Å². The zero-order valence-electron chi connectivity index (χ0n) is 9.77. The van der Waals surface area contributed by atoms with Gasteiger partial charge >= 0.3 is 0 Å². The van der Waals surface area contributed by atoms with Crippen molar-refractivity contribution in [1.82, 2.24) is 9.88 Å². The number of rotatable bonds is 2. The third-order valence-electron chi connectivity index (χ3n) is 2.69. The Hall–Kier alpha value is -0.660. The van der Waals surface area contributed by atoms with E-state index >= 15 is 0 Å². The summed E-state index contributed by atoms with van der Waals surface area (Å²) in [5, 5.41) is 0. The van der Waals surface area contributed by atoms with E-state index in [4.69, 9.17) is 10.5 Å². The number of nitrogens with two attached hydrogens (primary N) is 1. The van der Waals surface area contributed by atoms with Crippen LogP contribution in [0.4, 0.5) is 0 Å². The molecular formula is C11H14Br2N4O. The van der Waals surface area contributed by atoms with Crippen molar-refractivity contribution in [3.8, 4) is 0 Å². The summed E-state index contributed by atoms with van der Waals surface area (Å²) in [7, 11) is 0. The summed E-state index contributed by atoms with van der Waals surface area (Å²) in [5.74, 6) is 0.564. The monoisotopic (exact) mass is 376 g/mol. The fourth-order valence-corrected chi connectivity index (χ4v) is 2.82. The number of hydrogen-bond acceptors (Lipinski definition) is 3. The summed E-state index contributed by atoms with van der Waals surface area (Å²) in [5.41, 5.74) is 7.01. The predicted molar refractivity (Wildman–Crippen MR) is 77.4 cm³/mol. The van der Waals surface area contributed by atoms with E-state index in [9.17, 15) is 0 Å². The van der Waals surface area contributed by atoms with Crippen LogP contribution in [0.1, 0.15) is 5.56 Å². The second kappa shape index (κ2) is 6.49. The highest BCUT2D eigenvalue weighted by atomic mass is 79.9. The Balaban J connectivity index is 2.05. The van der Waals surface area contributed by atoms with E-state index in [1.165, 1.54) is 0 Å². The van der Waals surface area contributed by atoms with Crippen LogP contribution in [-0.2, 0) is 11.3 Å². The Labute approximate surface area is 123 Å². The fraction of sp³-hybridized carbons (Fsp3) is 0.455. The molecular weight excluding hydrogens is 364 g/mol. The Kier molecular flexibility index (Phi) is 4.96. The van der Waals surface area contributed by atoms with Crippen LogP contribution < -0.4 is 5.73 Å². The minimum atomic E-state index is 0.521. The van der Waals surface area contributed by atoms with Gasteiger partial charge in [0.15, 0.2) is 5.96 Å². The number of pyridine rings is 1. The van der Waals surface area contributed by atoms with Crippen molar-refractivity contribution >= 4 is 37.8 Å². The third kappa shape index (κ3) is 3.43. The summed E-state index contributed by atoms with van der Waals surface area (Å²) in [6.07, 6.45) is 3.50. The lowest BCUT2D eigenvalue weighted by atomic mass is 10.3. The predicted octanol–water partition coefficient (Wildman–Crippen LogP) is 1.75. The third-order valence-corrected chi connectivity index (χ3v) is 4.05. The second-order valence-corrected chi connectivity index (χ2v) is 5.56. The first-order chi connectivity index (χ1) is 8.68. The first-order valence-electron chi connectivity index (χ1n) is 5.59. The lowest BCUT2D eigenvalue weighted by Crippen LogP contribution is -2.44. The van der Waals surface area contributed by atoms with E-state index in [1.54, 1.807) is 12.4 Å². The van der Waals surface area contributed by atoms with Gasteiger partial charge in [0.25, 0.3) is 0 Å². The van der Waals surface area contributed by atoms with Gasteiger partial charge in [-0.2, -0.15) is 0 Å². The number of nitrogens with zero attached hydrogens (tertiary/aromatic N) is 3. The number of morpholine rings is 1. The molecule has 1 aliphatic rings. The summed E-state index contributed by atoms with van der Waals surface area (Å²) >= 11 is 6.91. The smallest absolute Gasteiger partial charge is 0.191 e. The molecule has 2 rings (SSSR count). The molecule has 18 heavy (non-hydrogen) atoms. The Morgan fingerprint density at radius 2 is 1.94 bits per heavy atom. The molecule has 0 bridgehead atoms. The molecule has 0 amide bonds. The second-order valence-electron chi connectivity index (χ2n) is 3.86. The lowest BCUT2D eigenvalue weighted by molar-refractivity contribution is 0.0674. The number of ether oxygens (including phenoxy) is 1. The number of aliphatic imine (C=N–C) groups is 1. The lowest BCUT2D eigenvalue weighted by Gasteiger charge is -2.27. The molecule has 0 aromatic carbocycles. The van der Waals surface area contributed by atoms with Crippen LogP contribution in [0.5, 0.6) is 0 Å². The van der Waals surface area contributed by atoms with Gasteiger partial charge in [-0.15, -0.1) is 0 Å². The van der Waals surface area contributed by atoms with Gasteiger partial charge in [-0.05, 0) is 31.9 Å². The quantitative estimate of drug-likeness (QED) is 0.630. The molecule has 0 aliphatic carbocycles. The molecule has 0 spiro atoms. The molecule has 1 aliphatic heterocycles. The van der Waals surface area contributed by atoms with Crippen molar-refractivity contribution in [2.45, 2.75) is 6.54 Å². The van der Waals surface area contributed by atoms with Gasteiger partial charge in [-0.1, -0.05) is 0 Å². The van der Waals surface area contributed by atoms with Crippen LogP contribution in [0.3, 0.4) is 0 Å². The average molecular weight is 378 g/mol. The maximum absolute atomic E-state index is 5.97. The van der Waals surface area contributed by atoms with E-state index in [0.717, 1.165) is 27.6 Å². The highest BCUT2D eigenvalue weighted by molar-refractivity contribution is 9.11. The van der Waals surface area contributed by atoms with E-state index < -0.39 is 0 Å². The number of halogens is 2. The molecule has 98 valence electrons. The summed E-state index contributed by atoms with van der Waals surface area (Å²) in [6, 6.07) is 0. The van der Waals surface area contributed by atoms with E-state index in [1.807, 2.05) is 4.90 Å². The van der Waals surface area contributed by atoms with E-state index in [0.29, 0.717) is 25.7 Å². The molecule has 2 heterocycles. The van der Waals surface area contributed by atoms with Crippen LogP contribution in [0, 0.1) is 0 Å². The molecule has 1 aromatic rings. The van der Waals surface area contributed by atoms with Crippen LogP contribution in [0.25, 0.3) is 0 Å². The van der Waals surface area contributed by atoms with Crippen molar-refractivity contribution in [3.63, 3.8) is 0 Å². The van der Waals surface area contributed by atoms with Crippen molar-refractivity contribution in [2.75, 3.05) is 26.3 Å². The SMILES string of the molecule is NC(=NCc1c(Br)cncc1Br)N1CCOCC1. The van der Waals surface area contributed by atoms with Crippen molar-refractivity contribution in [3.05, 3.63) is 26.9 Å². The normalized spacial score (nSPS) is 17.0.